The highest BCUT2D eigenvalue weighted by atomic mass is 127. The Morgan fingerprint density at radius 2 is 2.11 bits per heavy atom. The van der Waals surface area contributed by atoms with Gasteiger partial charge in [-0.1, -0.05) is 30.3 Å². The molecule has 7 nitrogen and oxygen atoms in total. The molecule has 1 aromatic heterocycles. The first-order chi connectivity index (χ1) is 13.3. The van der Waals surface area contributed by atoms with Gasteiger partial charge in [-0.3, -0.25) is 4.99 Å². The summed E-state index contributed by atoms with van der Waals surface area (Å²) in [5, 5.41) is 12.0. The van der Waals surface area contributed by atoms with Gasteiger partial charge in [-0.2, -0.15) is 0 Å². The molecule has 0 saturated carbocycles. The van der Waals surface area contributed by atoms with E-state index in [1.54, 1.807) is 0 Å². The molecule has 4 rings (SSSR count). The first-order valence-electron chi connectivity index (χ1n) is 9.81. The molecule has 0 aliphatic carbocycles. The SMILES string of the molecule is CN=C(NCc1nnc2n1CCC2)N1CCC(COCc2ccccc2)C1.I. The Hall–Kier alpha value is -1.68. The highest BCUT2D eigenvalue weighted by molar-refractivity contribution is 14.0. The third-order valence-corrected chi connectivity index (χ3v) is 5.35. The van der Waals surface area contributed by atoms with Crippen LogP contribution in [0.5, 0.6) is 0 Å². The van der Waals surface area contributed by atoms with Crippen molar-refractivity contribution in [3.8, 4) is 0 Å². The van der Waals surface area contributed by atoms with Crippen molar-refractivity contribution >= 4 is 29.9 Å². The van der Waals surface area contributed by atoms with Gasteiger partial charge in [0.25, 0.3) is 0 Å². The molecule has 0 bridgehead atoms. The highest BCUT2D eigenvalue weighted by Gasteiger charge is 2.25. The number of rotatable bonds is 6. The highest BCUT2D eigenvalue weighted by Crippen LogP contribution is 2.18. The molecule has 0 spiro atoms. The van der Waals surface area contributed by atoms with Crippen LogP contribution in [0.15, 0.2) is 35.3 Å². The average Bonchev–Trinajstić information content (AvgIpc) is 3.42. The molecule has 2 aromatic rings. The molecule has 1 saturated heterocycles. The molecular weight excluding hydrogens is 467 g/mol. The van der Waals surface area contributed by atoms with E-state index in [0.29, 0.717) is 19.1 Å². The van der Waals surface area contributed by atoms with Gasteiger partial charge in [0, 0.05) is 39.0 Å². The van der Waals surface area contributed by atoms with Gasteiger partial charge in [0.15, 0.2) is 11.8 Å². The Bertz CT molecular complexity index is 778. The van der Waals surface area contributed by atoms with E-state index in [1.807, 2.05) is 13.1 Å². The summed E-state index contributed by atoms with van der Waals surface area (Å²) in [6.07, 6.45) is 3.34. The van der Waals surface area contributed by atoms with Crippen LogP contribution in [0.2, 0.25) is 0 Å². The van der Waals surface area contributed by atoms with E-state index in [2.05, 4.69) is 54.2 Å². The number of hydrogen-bond acceptors (Lipinski definition) is 4. The number of hydrogen-bond donors (Lipinski definition) is 1. The molecule has 3 heterocycles. The zero-order chi connectivity index (χ0) is 18.5. The van der Waals surface area contributed by atoms with E-state index < -0.39 is 0 Å². The lowest BCUT2D eigenvalue weighted by atomic mass is 10.1. The maximum atomic E-state index is 5.93. The average molecular weight is 496 g/mol. The summed E-state index contributed by atoms with van der Waals surface area (Å²) >= 11 is 0. The van der Waals surface area contributed by atoms with Gasteiger partial charge in [-0.25, -0.2) is 0 Å². The van der Waals surface area contributed by atoms with Crippen molar-refractivity contribution < 1.29 is 4.74 Å². The van der Waals surface area contributed by atoms with Crippen molar-refractivity contribution in [3.05, 3.63) is 47.5 Å². The first-order valence-corrected chi connectivity index (χ1v) is 9.81. The van der Waals surface area contributed by atoms with Crippen LogP contribution in [-0.2, 0) is 30.9 Å². The van der Waals surface area contributed by atoms with Gasteiger partial charge in [-0.05, 0) is 18.4 Å². The van der Waals surface area contributed by atoms with Gasteiger partial charge in [0.05, 0.1) is 19.8 Å². The predicted molar refractivity (Wildman–Crippen MR) is 120 cm³/mol. The number of nitrogens with one attached hydrogen (secondary N) is 1. The van der Waals surface area contributed by atoms with Crippen molar-refractivity contribution in [2.45, 2.75) is 39.0 Å². The molecule has 0 radical (unpaired) electrons. The predicted octanol–water partition coefficient (Wildman–Crippen LogP) is 2.46. The van der Waals surface area contributed by atoms with Gasteiger partial charge in [-0.15, -0.1) is 34.2 Å². The van der Waals surface area contributed by atoms with Crippen LogP contribution in [0, 0.1) is 5.92 Å². The quantitative estimate of drug-likeness (QED) is 0.378. The van der Waals surface area contributed by atoms with Crippen LogP contribution >= 0.6 is 24.0 Å². The summed E-state index contributed by atoms with van der Waals surface area (Å²) < 4.78 is 8.15. The van der Waals surface area contributed by atoms with E-state index >= 15 is 0 Å². The number of ether oxygens (including phenoxy) is 1. The number of aliphatic imine (C=N–C) groups is 1. The van der Waals surface area contributed by atoms with E-state index in [9.17, 15) is 0 Å². The Labute approximate surface area is 183 Å². The minimum atomic E-state index is 0. The summed E-state index contributed by atoms with van der Waals surface area (Å²) in [6.45, 7) is 5.17. The molecule has 2 aliphatic heterocycles. The van der Waals surface area contributed by atoms with E-state index in [1.165, 1.54) is 12.0 Å². The van der Waals surface area contributed by atoms with Crippen molar-refractivity contribution in [1.29, 1.82) is 0 Å². The lowest BCUT2D eigenvalue weighted by Gasteiger charge is -2.21. The molecule has 28 heavy (non-hydrogen) atoms. The summed E-state index contributed by atoms with van der Waals surface area (Å²) in [4.78, 5) is 6.78. The van der Waals surface area contributed by atoms with Gasteiger partial charge in [0.1, 0.15) is 5.82 Å². The molecule has 1 N–H and O–H groups in total. The Morgan fingerprint density at radius 3 is 2.93 bits per heavy atom. The lowest BCUT2D eigenvalue weighted by molar-refractivity contribution is 0.0906. The molecule has 2 aliphatic rings. The second-order valence-corrected chi connectivity index (χ2v) is 7.29. The molecule has 1 fully saturated rings. The number of aryl methyl sites for hydroxylation is 1. The second kappa shape index (κ2) is 10.2. The van der Waals surface area contributed by atoms with E-state index in [4.69, 9.17) is 4.74 Å². The van der Waals surface area contributed by atoms with E-state index in [-0.39, 0.29) is 24.0 Å². The molecule has 1 aromatic carbocycles. The van der Waals surface area contributed by atoms with Crippen LogP contribution in [0.1, 0.15) is 30.1 Å². The largest absolute Gasteiger partial charge is 0.376 e. The monoisotopic (exact) mass is 496 g/mol. The molecular formula is C20H29IN6O. The van der Waals surface area contributed by atoms with Crippen molar-refractivity contribution in [2.75, 3.05) is 26.7 Å². The van der Waals surface area contributed by atoms with Crippen molar-refractivity contribution in [2.24, 2.45) is 10.9 Å². The molecule has 1 atom stereocenters. The Morgan fingerprint density at radius 1 is 1.25 bits per heavy atom. The number of aromatic nitrogens is 3. The number of benzene rings is 1. The third-order valence-electron chi connectivity index (χ3n) is 5.35. The van der Waals surface area contributed by atoms with Crippen molar-refractivity contribution in [3.63, 3.8) is 0 Å². The minimum Gasteiger partial charge on any atom is -0.376 e. The standard InChI is InChI=1S/C20H28N6O.HI/c1-21-20(22-12-19-24-23-18-8-5-10-26(18)19)25-11-9-17(13-25)15-27-14-16-6-3-2-4-7-16;/h2-4,6-7,17H,5,8-15H2,1H3,(H,21,22);1H. The van der Waals surface area contributed by atoms with Crippen LogP contribution in [-0.4, -0.2) is 52.4 Å². The van der Waals surface area contributed by atoms with Gasteiger partial charge < -0.3 is 19.5 Å². The Kier molecular flexibility index (Phi) is 7.66. The third kappa shape index (κ3) is 5.02. The smallest absolute Gasteiger partial charge is 0.194 e. The summed E-state index contributed by atoms with van der Waals surface area (Å²) in [6, 6.07) is 10.3. The second-order valence-electron chi connectivity index (χ2n) is 7.29. The fourth-order valence-electron chi connectivity index (χ4n) is 3.91. The van der Waals surface area contributed by atoms with Crippen LogP contribution in [0.4, 0.5) is 0 Å². The Balaban J connectivity index is 0.00000225. The first kappa shape index (κ1) is 21.0. The maximum Gasteiger partial charge on any atom is 0.194 e. The van der Waals surface area contributed by atoms with Gasteiger partial charge >= 0.3 is 0 Å². The normalized spacial score (nSPS) is 18.8. The summed E-state index contributed by atoms with van der Waals surface area (Å²) in [7, 11) is 1.84. The lowest BCUT2D eigenvalue weighted by Crippen LogP contribution is -2.40. The molecule has 152 valence electrons. The number of nitrogens with zero attached hydrogens (tertiary/aromatic N) is 5. The molecule has 8 heteroatoms. The van der Waals surface area contributed by atoms with Crippen LogP contribution < -0.4 is 5.32 Å². The zero-order valence-electron chi connectivity index (χ0n) is 16.4. The fraction of sp³-hybridized carbons (Fsp3) is 0.550. The number of guanidine groups is 1. The number of halogens is 1. The fourth-order valence-corrected chi connectivity index (χ4v) is 3.91. The molecule has 0 amide bonds. The number of likely N-dealkylation sites (tertiary alicyclic amines) is 1. The summed E-state index contributed by atoms with van der Waals surface area (Å²) in [5.74, 6) is 3.60. The number of fused-ring (bicyclic) bond motifs is 1. The molecule has 1 unspecified atom stereocenters. The topological polar surface area (TPSA) is 67.6 Å². The van der Waals surface area contributed by atoms with Gasteiger partial charge in [0.2, 0.25) is 0 Å². The van der Waals surface area contributed by atoms with Crippen LogP contribution in [0.25, 0.3) is 0 Å². The summed E-state index contributed by atoms with van der Waals surface area (Å²) in [5.41, 5.74) is 1.23. The minimum absolute atomic E-state index is 0. The van der Waals surface area contributed by atoms with E-state index in [0.717, 1.165) is 56.7 Å². The maximum absolute atomic E-state index is 5.93. The zero-order valence-corrected chi connectivity index (χ0v) is 18.7. The van der Waals surface area contributed by atoms with Crippen LogP contribution in [0.3, 0.4) is 0 Å². The van der Waals surface area contributed by atoms with Crippen molar-refractivity contribution in [1.82, 2.24) is 25.0 Å².